The first kappa shape index (κ1) is 65.0. The molecule has 0 bridgehead atoms. The number of rotatable bonds is 14. The molecule has 0 radical (unpaired) electrons. The second-order valence-corrected chi connectivity index (χ2v) is 28.8. The zero-order chi connectivity index (χ0) is 71.3. The number of nitrogens with zero attached hydrogens (tertiary/aromatic N) is 2. The van der Waals surface area contributed by atoms with Gasteiger partial charge in [0.2, 0.25) is 0 Å². The Labute approximate surface area is 621 Å². The molecule has 3 nitrogen and oxygen atoms in total. The highest BCUT2D eigenvalue weighted by atomic mass is 16.3. The van der Waals surface area contributed by atoms with Gasteiger partial charge in [0.1, 0.15) is 11.2 Å². The van der Waals surface area contributed by atoms with Crippen LogP contribution in [0.2, 0.25) is 0 Å². The molecule has 0 saturated carbocycles. The lowest BCUT2D eigenvalue weighted by Crippen LogP contribution is -2.27. The molecule has 16 aromatic carbocycles. The van der Waals surface area contributed by atoms with Gasteiger partial charge in [-0.1, -0.05) is 312 Å². The molecule has 506 valence electrons. The van der Waals surface area contributed by atoms with Crippen molar-refractivity contribution in [2.45, 2.75) is 38.5 Å². The molecule has 0 spiro atoms. The van der Waals surface area contributed by atoms with Gasteiger partial charge in [-0.3, -0.25) is 0 Å². The summed E-state index contributed by atoms with van der Waals surface area (Å²) in [6.45, 7) is 9.48. The Morgan fingerprint density at radius 2 is 0.538 bits per heavy atom. The van der Waals surface area contributed by atoms with Crippen LogP contribution < -0.4 is 9.80 Å². The normalized spacial score (nSPS) is 14.6. The molecule has 0 fully saturated rings. The summed E-state index contributed by atoms with van der Waals surface area (Å²) in [5, 5.41) is 2.21. The molecule has 2 aliphatic carbocycles. The maximum atomic E-state index is 6.48. The Hall–Kier alpha value is -13.1. The third-order valence-corrected chi connectivity index (χ3v) is 22.6. The molecule has 0 amide bonds. The summed E-state index contributed by atoms with van der Waals surface area (Å²) in [7, 11) is 0. The van der Waals surface area contributed by atoms with Crippen molar-refractivity contribution < 1.29 is 4.42 Å². The second-order valence-electron chi connectivity index (χ2n) is 28.8. The predicted molar refractivity (Wildman–Crippen MR) is 446 cm³/mol. The Balaban J connectivity index is 0.000000151. The molecule has 2 aliphatic rings. The lowest BCUT2D eigenvalue weighted by atomic mass is 9.71. The van der Waals surface area contributed by atoms with Crippen molar-refractivity contribution >= 4 is 56.1 Å². The van der Waals surface area contributed by atoms with Crippen LogP contribution in [0.1, 0.15) is 55.5 Å². The van der Waals surface area contributed by atoms with E-state index in [0.717, 1.165) is 56.1 Å². The Kier molecular flexibility index (Phi) is 16.7. The van der Waals surface area contributed by atoms with Gasteiger partial charge in [-0.15, -0.1) is 0 Å². The molecule has 17 aromatic rings. The Morgan fingerprint density at radius 3 is 1.04 bits per heavy atom. The van der Waals surface area contributed by atoms with Crippen molar-refractivity contribution in [2.75, 3.05) is 9.80 Å². The van der Waals surface area contributed by atoms with E-state index in [4.69, 9.17) is 4.42 Å². The topological polar surface area (TPSA) is 19.6 Å². The number of furan rings is 1. The molecule has 2 atom stereocenters. The molecular weight excluding hydrogens is 1280 g/mol. The van der Waals surface area contributed by atoms with Gasteiger partial charge >= 0.3 is 0 Å². The molecule has 0 saturated heterocycles. The lowest BCUT2D eigenvalue weighted by molar-refractivity contribution is 0.414. The number of benzene rings is 16. The van der Waals surface area contributed by atoms with E-state index in [1.54, 1.807) is 0 Å². The minimum atomic E-state index is -0.227. The number of hydrogen-bond acceptors (Lipinski definition) is 3. The van der Waals surface area contributed by atoms with E-state index in [0.29, 0.717) is 5.92 Å². The summed E-state index contributed by atoms with van der Waals surface area (Å²) in [5.74, 6) is 0.455. The van der Waals surface area contributed by atoms with Crippen LogP contribution in [-0.2, 0) is 10.8 Å². The third kappa shape index (κ3) is 11.7. The highest BCUT2D eigenvalue weighted by molar-refractivity contribution is 6.08. The summed E-state index contributed by atoms with van der Waals surface area (Å²) in [6.07, 6.45) is 0. The standard InChI is InChI=1S/C53H41NO.C50H37N/c1-35(2)53(3)49-17-11-10-16-45(49)46-29-22-41(33-50(46)53)40-23-30-51-47(32-40)48-34-44(28-31-52(48)55-51)54(42-24-18-38(19-25-42)36-12-6-4-7-13-36)43-26-20-39(21-27-43)37-14-8-5-9-15-37;1-50(42-19-9-4-10-20-42)48-23-12-11-22-46(48)47-33-28-41(35-49(47)50)39-26-31-44(32-27-39)51(43-29-24-38(25-30-43)36-14-5-2-6-15-36)45-21-13-18-40(34-45)37-16-7-3-8-17-37/h4-35H,1-3H3;2-35H,1H3. The minimum Gasteiger partial charge on any atom is -0.456 e. The fourth-order valence-corrected chi connectivity index (χ4v) is 16.6. The SMILES string of the molecule is CC(C)C1(C)c2ccccc2-c2ccc(-c3ccc4oc5ccc(N(c6ccc(-c7ccccc7)cc6)c6ccc(-c7ccccc7)cc6)cc5c4c3)cc21.CC1(c2ccccc2)c2ccccc2-c2ccc(-c3ccc(N(c4ccc(-c5ccccc5)cc4)c4cccc(-c5ccccc5)c4)cc3)cc21. The minimum absolute atomic E-state index is 0.0503. The van der Waals surface area contributed by atoms with Gasteiger partial charge in [0.15, 0.2) is 0 Å². The monoisotopic (exact) mass is 1360 g/mol. The fraction of sp³-hybridized carbons (Fsp3) is 0.0680. The van der Waals surface area contributed by atoms with Gasteiger partial charge in [0, 0.05) is 55.7 Å². The largest absolute Gasteiger partial charge is 0.456 e. The molecule has 106 heavy (non-hydrogen) atoms. The lowest BCUT2D eigenvalue weighted by Gasteiger charge is -2.32. The van der Waals surface area contributed by atoms with Gasteiger partial charge in [-0.2, -0.15) is 0 Å². The van der Waals surface area contributed by atoms with Crippen LogP contribution in [0.5, 0.6) is 0 Å². The summed E-state index contributed by atoms with van der Waals surface area (Å²) in [5.41, 5.74) is 34.8. The predicted octanol–water partition coefficient (Wildman–Crippen LogP) is 28.5. The summed E-state index contributed by atoms with van der Waals surface area (Å²) in [6, 6.07) is 143. The number of hydrogen-bond donors (Lipinski definition) is 0. The van der Waals surface area contributed by atoms with Gasteiger partial charge in [0.05, 0.1) is 0 Å². The van der Waals surface area contributed by atoms with Crippen molar-refractivity contribution in [3.63, 3.8) is 0 Å². The van der Waals surface area contributed by atoms with E-state index in [2.05, 4.69) is 432 Å². The average molecular weight is 1360 g/mol. The van der Waals surface area contributed by atoms with E-state index in [1.807, 2.05) is 0 Å². The first-order chi connectivity index (χ1) is 52.1. The van der Waals surface area contributed by atoms with Crippen LogP contribution in [0.3, 0.4) is 0 Å². The van der Waals surface area contributed by atoms with Crippen molar-refractivity contribution in [1.82, 2.24) is 0 Å². The number of fused-ring (bicyclic) bond motifs is 9. The van der Waals surface area contributed by atoms with E-state index >= 15 is 0 Å². The highest BCUT2D eigenvalue weighted by Gasteiger charge is 2.43. The molecule has 0 N–H and O–H groups in total. The maximum Gasteiger partial charge on any atom is 0.135 e. The Bertz CT molecular complexity index is 5950. The molecule has 0 aliphatic heterocycles. The summed E-state index contributed by atoms with van der Waals surface area (Å²) in [4.78, 5) is 4.70. The molecular formula is C103H78N2O. The smallest absolute Gasteiger partial charge is 0.135 e. The van der Waals surface area contributed by atoms with Gasteiger partial charge in [0.25, 0.3) is 0 Å². The zero-order valence-electron chi connectivity index (χ0n) is 59.9. The van der Waals surface area contributed by atoms with Crippen LogP contribution in [0.4, 0.5) is 34.1 Å². The van der Waals surface area contributed by atoms with Crippen molar-refractivity contribution in [2.24, 2.45) is 5.92 Å². The van der Waals surface area contributed by atoms with Crippen molar-refractivity contribution in [3.05, 3.63) is 422 Å². The quantitative estimate of drug-likeness (QED) is 0.108. The van der Waals surface area contributed by atoms with Crippen LogP contribution in [0, 0.1) is 5.92 Å². The average Bonchev–Trinajstić information content (AvgIpc) is 1.57. The van der Waals surface area contributed by atoms with Gasteiger partial charge < -0.3 is 14.2 Å². The molecule has 19 rings (SSSR count). The number of anilines is 6. The molecule has 1 aromatic heterocycles. The van der Waals surface area contributed by atoms with E-state index < -0.39 is 0 Å². The maximum absolute atomic E-state index is 6.48. The highest BCUT2D eigenvalue weighted by Crippen LogP contribution is 2.55. The van der Waals surface area contributed by atoms with Gasteiger partial charge in [-0.05, 0) is 233 Å². The van der Waals surface area contributed by atoms with E-state index in [-0.39, 0.29) is 10.8 Å². The summed E-state index contributed by atoms with van der Waals surface area (Å²) < 4.78 is 6.48. The first-order valence-electron chi connectivity index (χ1n) is 37.0. The molecule has 3 heteroatoms. The van der Waals surface area contributed by atoms with Crippen LogP contribution in [-0.4, -0.2) is 0 Å². The molecule has 1 heterocycles. The first-order valence-corrected chi connectivity index (χ1v) is 37.0. The molecule has 2 unspecified atom stereocenters. The van der Waals surface area contributed by atoms with Crippen molar-refractivity contribution in [3.8, 4) is 89.0 Å². The Morgan fingerprint density at radius 1 is 0.226 bits per heavy atom. The van der Waals surface area contributed by atoms with Crippen LogP contribution in [0.15, 0.2) is 399 Å². The zero-order valence-corrected chi connectivity index (χ0v) is 59.9. The summed E-state index contributed by atoms with van der Waals surface area (Å²) >= 11 is 0. The van der Waals surface area contributed by atoms with E-state index in [9.17, 15) is 0 Å². The van der Waals surface area contributed by atoms with Crippen LogP contribution in [0.25, 0.3) is 111 Å². The fourth-order valence-electron chi connectivity index (χ4n) is 16.6. The van der Waals surface area contributed by atoms with Crippen molar-refractivity contribution in [1.29, 1.82) is 0 Å². The van der Waals surface area contributed by atoms with Gasteiger partial charge in [-0.25, -0.2) is 0 Å². The van der Waals surface area contributed by atoms with Crippen LogP contribution >= 0.6 is 0 Å². The van der Waals surface area contributed by atoms with E-state index in [1.165, 1.54) is 117 Å². The second kappa shape index (κ2) is 27.3. The third-order valence-electron chi connectivity index (χ3n) is 22.6.